The summed E-state index contributed by atoms with van der Waals surface area (Å²) in [5.74, 6) is -0.996. The van der Waals surface area contributed by atoms with Crippen molar-refractivity contribution in [2.75, 3.05) is 0 Å². The van der Waals surface area contributed by atoms with E-state index in [0.29, 0.717) is 16.5 Å². The van der Waals surface area contributed by atoms with Crippen molar-refractivity contribution in [1.29, 1.82) is 0 Å². The Bertz CT molecular complexity index is 648. The Balaban J connectivity index is 2.65. The standard InChI is InChI=1S/C15H13BrClF2N/c1-2-15(20,9-4-3-5-10(18)8-9)11-6-7-12(16)13(17)14(11)19/h3-8H,2,20H2,1H3. The van der Waals surface area contributed by atoms with Crippen LogP contribution in [0.5, 0.6) is 0 Å². The van der Waals surface area contributed by atoms with Crippen LogP contribution in [0.25, 0.3) is 0 Å². The summed E-state index contributed by atoms with van der Waals surface area (Å²) in [5.41, 5.74) is 5.98. The molecular weight excluding hydrogens is 348 g/mol. The van der Waals surface area contributed by atoms with E-state index in [-0.39, 0.29) is 10.6 Å². The fraction of sp³-hybridized carbons (Fsp3) is 0.200. The van der Waals surface area contributed by atoms with Crippen LogP contribution < -0.4 is 5.73 Å². The van der Waals surface area contributed by atoms with Crippen LogP contribution in [0.1, 0.15) is 24.5 Å². The molecule has 5 heteroatoms. The van der Waals surface area contributed by atoms with E-state index in [0.717, 1.165) is 0 Å². The predicted octanol–water partition coefficient (Wildman–Crippen LogP) is 4.99. The SMILES string of the molecule is CCC(N)(c1cccc(F)c1)c1ccc(Br)c(Cl)c1F. The van der Waals surface area contributed by atoms with Crippen LogP contribution in [0.3, 0.4) is 0 Å². The molecule has 0 spiro atoms. The molecule has 0 saturated heterocycles. The average Bonchev–Trinajstić information content (AvgIpc) is 2.44. The molecule has 2 aromatic rings. The Labute approximate surface area is 129 Å². The van der Waals surface area contributed by atoms with E-state index in [9.17, 15) is 8.78 Å². The lowest BCUT2D eigenvalue weighted by Gasteiger charge is -2.30. The number of benzene rings is 2. The highest BCUT2D eigenvalue weighted by Crippen LogP contribution is 2.37. The Kier molecular flexibility index (Phi) is 4.47. The topological polar surface area (TPSA) is 26.0 Å². The second kappa shape index (κ2) is 5.80. The Morgan fingerprint density at radius 1 is 1.25 bits per heavy atom. The number of nitrogens with two attached hydrogens (primary N) is 1. The predicted molar refractivity (Wildman–Crippen MR) is 80.8 cm³/mol. The van der Waals surface area contributed by atoms with Crippen LogP contribution in [-0.2, 0) is 5.54 Å². The van der Waals surface area contributed by atoms with Crippen molar-refractivity contribution in [2.45, 2.75) is 18.9 Å². The molecular formula is C15H13BrClF2N. The Morgan fingerprint density at radius 2 is 1.95 bits per heavy atom. The van der Waals surface area contributed by atoms with Crippen molar-refractivity contribution in [2.24, 2.45) is 5.73 Å². The van der Waals surface area contributed by atoms with Crippen molar-refractivity contribution in [3.63, 3.8) is 0 Å². The minimum Gasteiger partial charge on any atom is -0.318 e. The summed E-state index contributed by atoms with van der Waals surface area (Å²) in [6, 6.07) is 9.09. The summed E-state index contributed by atoms with van der Waals surface area (Å²) in [6.45, 7) is 1.82. The first-order chi connectivity index (χ1) is 9.40. The highest BCUT2D eigenvalue weighted by molar-refractivity contribution is 9.10. The Morgan fingerprint density at radius 3 is 2.55 bits per heavy atom. The highest BCUT2D eigenvalue weighted by Gasteiger charge is 2.32. The summed E-state index contributed by atoms with van der Waals surface area (Å²) in [6.07, 6.45) is 0.408. The van der Waals surface area contributed by atoms with Gasteiger partial charge in [-0.3, -0.25) is 0 Å². The van der Waals surface area contributed by atoms with Gasteiger partial charge in [0.1, 0.15) is 11.6 Å². The van der Waals surface area contributed by atoms with E-state index in [2.05, 4.69) is 15.9 Å². The molecule has 0 bridgehead atoms. The third kappa shape index (κ3) is 2.60. The van der Waals surface area contributed by atoms with Crippen molar-refractivity contribution in [3.05, 3.63) is 68.7 Å². The molecule has 2 rings (SSSR count). The lowest BCUT2D eigenvalue weighted by atomic mass is 9.81. The zero-order valence-corrected chi connectivity index (χ0v) is 13.1. The van der Waals surface area contributed by atoms with Crippen LogP contribution in [0.4, 0.5) is 8.78 Å². The van der Waals surface area contributed by atoms with Gasteiger partial charge in [-0.15, -0.1) is 0 Å². The van der Waals surface area contributed by atoms with Gasteiger partial charge in [0.15, 0.2) is 0 Å². The summed E-state index contributed by atoms with van der Waals surface area (Å²) >= 11 is 9.08. The average molecular weight is 361 g/mol. The van der Waals surface area contributed by atoms with Gasteiger partial charge in [0.05, 0.1) is 10.6 Å². The Hall–Kier alpha value is -0.970. The van der Waals surface area contributed by atoms with Crippen molar-refractivity contribution < 1.29 is 8.78 Å². The number of rotatable bonds is 3. The zero-order chi connectivity index (χ0) is 14.9. The van der Waals surface area contributed by atoms with Gasteiger partial charge in [0.2, 0.25) is 0 Å². The largest absolute Gasteiger partial charge is 0.318 e. The molecule has 20 heavy (non-hydrogen) atoms. The highest BCUT2D eigenvalue weighted by atomic mass is 79.9. The fourth-order valence-electron chi connectivity index (χ4n) is 2.19. The third-order valence-electron chi connectivity index (χ3n) is 3.41. The molecule has 1 unspecified atom stereocenters. The third-order valence-corrected chi connectivity index (χ3v) is 4.67. The number of halogens is 4. The van der Waals surface area contributed by atoms with Crippen LogP contribution in [0.15, 0.2) is 40.9 Å². The first-order valence-corrected chi connectivity index (χ1v) is 7.26. The zero-order valence-electron chi connectivity index (χ0n) is 10.8. The lowest BCUT2D eigenvalue weighted by Crippen LogP contribution is -2.38. The van der Waals surface area contributed by atoms with Gasteiger partial charge in [0.25, 0.3) is 0 Å². The van der Waals surface area contributed by atoms with Crippen LogP contribution in [-0.4, -0.2) is 0 Å². The van der Waals surface area contributed by atoms with E-state index >= 15 is 0 Å². The van der Waals surface area contributed by atoms with E-state index in [1.807, 2.05) is 6.92 Å². The first kappa shape index (κ1) is 15.4. The number of hydrogen-bond acceptors (Lipinski definition) is 1. The summed E-state index contributed by atoms with van der Waals surface area (Å²) in [4.78, 5) is 0. The van der Waals surface area contributed by atoms with Gasteiger partial charge in [-0.05, 0) is 46.1 Å². The normalized spacial score (nSPS) is 14.1. The van der Waals surface area contributed by atoms with Crippen LogP contribution in [0.2, 0.25) is 5.02 Å². The quantitative estimate of drug-likeness (QED) is 0.766. The smallest absolute Gasteiger partial charge is 0.148 e. The summed E-state index contributed by atoms with van der Waals surface area (Å²) < 4.78 is 28.3. The molecule has 0 fully saturated rings. The molecule has 0 aliphatic heterocycles. The van der Waals surface area contributed by atoms with Crippen LogP contribution in [0, 0.1) is 11.6 Å². The molecule has 2 aromatic carbocycles. The molecule has 0 aromatic heterocycles. The number of hydrogen-bond donors (Lipinski definition) is 1. The molecule has 0 heterocycles. The maximum atomic E-state index is 14.4. The van der Waals surface area contributed by atoms with Gasteiger partial charge in [-0.1, -0.05) is 36.7 Å². The minimum absolute atomic E-state index is 0.0258. The molecule has 1 nitrogen and oxygen atoms in total. The second-order valence-electron chi connectivity index (χ2n) is 4.56. The van der Waals surface area contributed by atoms with Gasteiger partial charge in [0, 0.05) is 10.0 Å². The van der Waals surface area contributed by atoms with Crippen molar-refractivity contribution in [3.8, 4) is 0 Å². The second-order valence-corrected chi connectivity index (χ2v) is 5.79. The monoisotopic (exact) mass is 359 g/mol. The van der Waals surface area contributed by atoms with Gasteiger partial charge in [-0.2, -0.15) is 0 Å². The van der Waals surface area contributed by atoms with Crippen molar-refractivity contribution in [1.82, 2.24) is 0 Å². The van der Waals surface area contributed by atoms with Gasteiger partial charge >= 0.3 is 0 Å². The lowest BCUT2D eigenvalue weighted by molar-refractivity contribution is 0.476. The molecule has 1 atom stereocenters. The molecule has 2 N–H and O–H groups in total. The van der Waals surface area contributed by atoms with Crippen molar-refractivity contribution >= 4 is 27.5 Å². The maximum Gasteiger partial charge on any atom is 0.148 e. The maximum absolute atomic E-state index is 14.4. The summed E-state index contributed by atoms with van der Waals surface area (Å²) in [7, 11) is 0. The molecule has 0 radical (unpaired) electrons. The molecule has 0 saturated carbocycles. The minimum atomic E-state index is -1.13. The first-order valence-electron chi connectivity index (χ1n) is 6.09. The van der Waals surface area contributed by atoms with E-state index in [1.165, 1.54) is 12.1 Å². The fourth-order valence-corrected chi connectivity index (χ4v) is 2.66. The van der Waals surface area contributed by atoms with E-state index < -0.39 is 17.2 Å². The molecule has 0 amide bonds. The van der Waals surface area contributed by atoms with Crippen LogP contribution >= 0.6 is 27.5 Å². The van der Waals surface area contributed by atoms with Gasteiger partial charge in [-0.25, -0.2) is 8.78 Å². The summed E-state index contributed by atoms with van der Waals surface area (Å²) in [5, 5.41) is -0.0258. The molecule has 0 aliphatic rings. The molecule has 106 valence electrons. The van der Waals surface area contributed by atoms with Gasteiger partial charge < -0.3 is 5.73 Å². The van der Waals surface area contributed by atoms with E-state index in [1.54, 1.807) is 24.3 Å². The molecule has 0 aliphatic carbocycles. The van der Waals surface area contributed by atoms with E-state index in [4.69, 9.17) is 17.3 Å².